The summed E-state index contributed by atoms with van der Waals surface area (Å²) >= 11 is 0. The summed E-state index contributed by atoms with van der Waals surface area (Å²) in [6.45, 7) is 0. The average Bonchev–Trinajstić information content (AvgIpc) is 2.62. The molecule has 0 aliphatic heterocycles. The molecule has 0 aliphatic carbocycles. The number of nitro groups is 2. The molecule has 10 nitrogen and oxygen atoms in total. The zero-order valence-corrected chi connectivity index (χ0v) is 13.4. The standard InChI is InChI=1S/C16H14N6O4/c17-16(18)20-19-15(12-5-7-13(8-6-12)21(23)24)9-4-11-2-1-3-14(10-11)22(25)26/h1-10H,(H4,17,18,20)/b9-4+,19-15-. The van der Waals surface area contributed by atoms with E-state index in [-0.39, 0.29) is 17.3 Å². The molecule has 0 aliphatic rings. The third kappa shape index (κ3) is 4.96. The lowest BCUT2D eigenvalue weighted by Gasteiger charge is -2.01. The third-order valence-electron chi connectivity index (χ3n) is 3.16. The van der Waals surface area contributed by atoms with E-state index in [4.69, 9.17) is 11.5 Å². The molecule has 2 aromatic carbocycles. The van der Waals surface area contributed by atoms with Crippen LogP contribution in [0, 0.1) is 20.2 Å². The first-order chi connectivity index (χ1) is 12.4. The van der Waals surface area contributed by atoms with Crippen LogP contribution in [0.2, 0.25) is 0 Å². The summed E-state index contributed by atoms with van der Waals surface area (Å²) in [6.07, 6.45) is 3.14. The molecule has 2 rings (SSSR count). The van der Waals surface area contributed by atoms with Crippen molar-refractivity contribution < 1.29 is 9.85 Å². The molecule has 2 aromatic rings. The van der Waals surface area contributed by atoms with Crippen molar-refractivity contribution in [3.8, 4) is 0 Å². The molecular weight excluding hydrogens is 340 g/mol. The molecule has 132 valence electrons. The van der Waals surface area contributed by atoms with Gasteiger partial charge in [0.1, 0.15) is 0 Å². The van der Waals surface area contributed by atoms with Gasteiger partial charge in [-0.25, -0.2) is 0 Å². The van der Waals surface area contributed by atoms with Crippen molar-refractivity contribution in [1.82, 2.24) is 0 Å². The Labute approximate surface area is 147 Å². The minimum Gasteiger partial charge on any atom is -0.369 e. The first-order valence-corrected chi connectivity index (χ1v) is 7.21. The maximum Gasteiger partial charge on any atom is 0.270 e. The Kier molecular flexibility index (Phi) is 5.72. The Balaban J connectivity index is 2.38. The second-order valence-electron chi connectivity index (χ2n) is 5.00. The van der Waals surface area contributed by atoms with Crippen LogP contribution in [0.1, 0.15) is 11.1 Å². The van der Waals surface area contributed by atoms with E-state index < -0.39 is 9.85 Å². The van der Waals surface area contributed by atoms with Crippen LogP contribution >= 0.6 is 0 Å². The fraction of sp³-hybridized carbons (Fsp3) is 0. The third-order valence-corrected chi connectivity index (χ3v) is 3.16. The van der Waals surface area contributed by atoms with E-state index in [9.17, 15) is 20.2 Å². The van der Waals surface area contributed by atoms with Gasteiger partial charge in [-0.3, -0.25) is 20.2 Å². The zero-order chi connectivity index (χ0) is 19.1. The molecule has 0 bridgehead atoms. The Morgan fingerprint density at radius 3 is 2.15 bits per heavy atom. The molecule has 0 saturated heterocycles. The van der Waals surface area contributed by atoms with Gasteiger partial charge >= 0.3 is 0 Å². The lowest BCUT2D eigenvalue weighted by molar-refractivity contribution is -0.385. The molecule has 0 amide bonds. The van der Waals surface area contributed by atoms with Crippen LogP contribution in [0.25, 0.3) is 6.08 Å². The average molecular weight is 354 g/mol. The summed E-state index contributed by atoms with van der Waals surface area (Å²) in [7, 11) is 0. The van der Waals surface area contributed by atoms with E-state index in [1.54, 1.807) is 24.3 Å². The van der Waals surface area contributed by atoms with Gasteiger partial charge in [0.15, 0.2) is 0 Å². The van der Waals surface area contributed by atoms with Crippen molar-refractivity contribution in [2.24, 2.45) is 21.7 Å². The Morgan fingerprint density at radius 1 is 0.923 bits per heavy atom. The van der Waals surface area contributed by atoms with Gasteiger partial charge < -0.3 is 11.5 Å². The van der Waals surface area contributed by atoms with Crippen molar-refractivity contribution in [2.45, 2.75) is 0 Å². The Hall–Kier alpha value is -4.08. The van der Waals surface area contributed by atoms with Gasteiger partial charge in [-0.1, -0.05) is 18.2 Å². The van der Waals surface area contributed by atoms with E-state index in [1.165, 1.54) is 36.4 Å². The largest absolute Gasteiger partial charge is 0.369 e. The van der Waals surface area contributed by atoms with E-state index in [2.05, 4.69) is 10.2 Å². The smallest absolute Gasteiger partial charge is 0.270 e. The van der Waals surface area contributed by atoms with Crippen LogP contribution in [0.3, 0.4) is 0 Å². The van der Waals surface area contributed by atoms with E-state index in [0.29, 0.717) is 16.8 Å². The first-order valence-electron chi connectivity index (χ1n) is 7.21. The normalized spacial score (nSPS) is 11.3. The Bertz CT molecular complexity index is 915. The van der Waals surface area contributed by atoms with Gasteiger partial charge in [-0.15, -0.1) is 10.2 Å². The molecular formula is C16H14N6O4. The van der Waals surface area contributed by atoms with E-state index in [0.717, 1.165) is 0 Å². The van der Waals surface area contributed by atoms with Crippen LogP contribution in [-0.2, 0) is 0 Å². The molecule has 0 unspecified atom stereocenters. The molecule has 0 heterocycles. The highest BCUT2D eigenvalue weighted by Gasteiger charge is 2.08. The van der Waals surface area contributed by atoms with Gasteiger partial charge in [-0.2, -0.15) is 0 Å². The predicted octanol–water partition coefficient (Wildman–Crippen LogP) is 2.19. The van der Waals surface area contributed by atoms with Crippen molar-refractivity contribution in [2.75, 3.05) is 0 Å². The van der Waals surface area contributed by atoms with Crippen molar-refractivity contribution in [1.29, 1.82) is 0 Å². The molecule has 4 N–H and O–H groups in total. The molecule has 26 heavy (non-hydrogen) atoms. The number of hydrogen-bond acceptors (Lipinski definition) is 6. The van der Waals surface area contributed by atoms with Gasteiger partial charge in [0.25, 0.3) is 11.4 Å². The number of nitrogens with two attached hydrogens (primary N) is 2. The van der Waals surface area contributed by atoms with Gasteiger partial charge in [0.2, 0.25) is 5.96 Å². The minimum absolute atomic E-state index is 0.0507. The second kappa shape index (κ2) is 8.15. The monoisotopic (exact) mass is 354 g/mol. The highest BCUT2D eigenvalue weighted by atomic mass is 16.6. The first kappa shape index (κ1) is 18.3. The van der Waals surface area contributed by atoms with Crippen LogP contribution < -0.4 is 11.5 Å². The lowest BCUT2D eigenvalue weighted by atomic mass is 10.1. The summed E-state index contributed by atoms with van der Waals surface area (Å²) in [5, 5.41) is 29.1. The summed E-state index contributed by atoms with van der Waals surface area (Å²) in [5.41, 5.74) is 11.8. The van der Waals surface area contributed by atoms with Crippen molar-refractivity contribution in [3.63, 3.8) is 0 Å². The maximum absolute atomic E-state index is 10.8. The summed E-state index contributed by atoms with van der Waals surface area (Å²) in [4.78, 5) is 20.6. The number of rotatable bonds is 6. The minimum atomic E-state index is -0.518. The highest BCUT2D eigenvalue weighted by Crippen LogP contribution is 2.16. The number of allylic oxidation sites excluding steroid dienone is 1. The predicted molar refractivity (Wildman–Crippen MR) is 97.6 cm³/mol. The van der Waals surface area contributed by atoms with Gasteiger partial charge in [0.05, 0.1) is 15.6 Å². The molecule has 0 radical (unpaired) electrons. The molecule has 0 spiro atoms. The Morgan fingerprint density at radius 2 is 1.58 bits per heavy atom. The summed E-state index contributed by atoms with van der Waals surface area (Å²) < 4.78 is 0. The second-order valence-corrected chi connectivity index (χ2v) is 5.00. The van der Waals surface area contributed by atoms with Crippen LogP contribution in [0.15, 0.2) is 64.8 Å². The number of non-ortho nitro benzene ring substituents is 2. The molecule has 0 fully saturated rings. The molecule has 0 atom stereocenters. The number of nitrogens with zero attached hydrogens (tertiary/aromatic N) is 4. The van der Waals surface area contributed by atoms with Crippen LogP contribution in [0.5, 0.6) is 0 Å². The fourth-order valence-electron chi connectivity index (χ4n) is 1.97. The topological polar surface area (TPSA) is 163 Å². The molecule has 10 heteroatoms. The fourth-order valence-corrected chi connectivity index (χ4v) is 1.97. The quantitative estimate of drug-likeness (QED) is 0.349. The van der Waals surface area contributed by atoms with Gasteiger partial charge in [-0.05, 0) is 23.8 Å². The van der Waals surface area contributed by atoms with Crippen LogP contribution in [0.4, 0.5) is 11.4 Å². The van der Waals surface area contributed by atoms with Crippen molar-refractivity contribution in [3.05, 3.63) is 86.0 Å². The molecule has 0 saturated carbocycles. The number of benzene rings is 2. The SMILES string of the molecule is NC(N)=N/N=C(/C=C/c1cccc([N+](=O)[O-])c1)c1ccc([N+](=O)[O-])cc1. The number of guanidine groups is 1. The van der Waals surface area contributed by atoms with Crippen molar-refractivity contribution >= 4 is 29.1 Å². The molecule has 0 aromatic heterocycles. The highest BCUT2D eigenvalue weighted by molar-refractivity contribution is 6.11. The van der Waals surface area contributed by atoms with E-state index >= 15 is 0 Å². The number of hydrogen-bond donors (Lipinski definition) is 2. The lowest BCUT2D eigenvalue weighted by Crippen LogP contribution is -2.22. The summed E-state index contributed by atoms with van der Waals surface area (Å²) in [5.74, 6) is -0.256. The maximum atomic E-state index is 10.8. The number of nitro benzene ring substituents is 2. The summed E-state index contributed by atoms with van der Waals surface area (Å²) in [6, 6.07) is 11.6. The van der Waals surface area contributed by atoms with E-state index in [1.807, 2.05) is 0 Å². The van der Waals surface area contributed by atoms with Crippen LogP contribution in [-0.4, -0.2) is 21.5 Å². The van der Waals surface area contributed by atoms with Gasteiger partial charge in [0, 0.05) is 29.8 Å². The zero-order valence-electron chi connectivity index (χ0n) is 13.4.